The summed E-state index contributed by atoms with van der Waals surface area (Å²) in [6.07, 6.45) is 0. The number of hydrogen-bond donors (Lipinski definition) is 1. The number of ether oxygens (including phenoxy) is 1. The molecule has 0 aliphatic carbocycles. The van der Waals surface area contributed by atoms with Gasteiger partial charge in [-0.1, -0.05) is 0 Å². The average molecular weight is 222 g/mol. The van der Waals surface area contributed by atoms with Crippen molar-refractivity contribution in [2.75, 3.05) is 33.0 Å². The first-order chi connectivity index (χ1) is 7.54. The number of rotatable bonds is 4. The number of aryl methyl sites for hydroxylation is 1. The molecule has 1 aromatic rings. The molecule has 1 rings (SSSR count). The van der Waals surface area contributed by atoms with Crippen molar-refractivity contribution in [1.29, 1.82) is 0 Å². The number of methoxy groups -OCH3 is 1. The van der Waals surface area contributed by atoms with Gasteiger partial charge >= 0.3 is 0 Å². The second-order valence-corrected chi connectivity index (χ2v) is 3.85. The summed E-state index contributed by atoms with van der Waals surface area (Å²) in [6, 6.07) is 5.37. The minimum Gasteiger partial charge on any atom is -0.399 e. The Hall–Kier alpha value is -1.55. The number of carbonyl (C=O) groups excluding carboxylic acids is 1. The molecule has 0 aromatic heterocycles. The van der Waals surface area contributed by atoms with Gasteiger partial charge in [-0.15, -0.1) is 0 Å². The van der Waals surface area contributed by atoms with Crippen LogP contribution >= 0.6 is 0 Å². The minimum absolute atomic E-state index is 0.0348. The number of amides is 1. The van der Waals surface area contributed by atoms with Crippen molar-refractivity contribution in [1.82, 2.24) is 4.90 Å². The molecular weight excluding hydrogens is 204 g/mol. The Morgan fingerprint density at radius 1 is 1.44 bits per heavy atom. The van der Waals surface area contributed by atoms with Crippen LogP contribution in [-0.4, -0.2) is 38.1 Å². The number of likely N-dealkylation sites (N-methyl/N-ethyl adjacent to an activating group) is 1. The molecule has 1 aromatic carbocycles. The van der Waals surface area contributed by atoms with E-state index in [1.54, 1.807) is 25.1 Å². The van der Waals surface area contributed by atoms with Gasteiger partial charge in [0.15, 0.2) is 0 Å². The van der Waals surface area contributed by atoms with Crippen molar-refractivity contribution in [2.45, 2.75) is 6.92 Å². The zero-order valence-corrected chi connectivity index (χ0v) is 9.99. The van der Waals surface area contributed by atoms with Crippen molar-refractivity contribution in [3.63, 3.8) is 0 Å². The van der Waals surface area contributed by atoms with E-state index in [9.17, 15) is 4.79 Å². The predicted octanol–water partition coefficient (Wildman–Crippen LogP) is 1.30. The van der Waals surface area contributed by atoms with Crippen LogP contribution in [0.5, 0.6) is 0 Å². The van der Waals surface area contributed by atoms with Gasteiger partial charge in [-0.25, -0.2) is 0 Å². The van der Waals surface area contributed by atoms with Crippen LogP contribution in [0.3, 0.4) is 0 Å². The van der Waals surface area contributed by atoms with Crippen LogP contribution in [0, 0.1) is 6.92 Å². The van der Waals surface area contributed by atoms with Crippen LogP contribution in [0.4, 0.5) is 5.69 Å². The van der Waals surface area contributed by atoms with Gasteiger partial charge < -0.3 is 15.4 Å². The molecular formula is C12H18N2O2. The lowest BCUT2D eigenvalue weighted by Crippen LogP contribution is -2.30. The van der Waals surface area contributed by atoms with E-state index in [0.717, 1.165) is 5.56 Å². The maximum absolute atomic E-state index is 12.0. The Morgan fingerprint density at radius 3 is 2.69 bits per heavy atom. The van der Waals surface area contributed by atoms with Crippen molar-refractivity contribution in [3.8, 4) is 0 Å². The number of benzene rings is 1. The Bertz CT molecular complexity index is 357. The first-order valence-corrected chi connectivity index (χ1v) is 5.16. The Balaban J connectivity index is 2.79. The standard InChI is InChI=1S/C12H18N2O2/c1-9-6-10(8-11(13)7-9)12(15)14(2)4-5-16-3/h6-8H,4-5,13H2,1-3H3. The number of nitrogens with two attached hydrogens (primary N) is 1. The number of anilines is 1. The zero-order chi connectivity index (χ0) is 12.1. The summed E-state index contributed by atoms with van der Waals surface area (Å²) >= 11 is 0. The summed E-state index contributed by atoms with van der Waals surface area (Å²) < 4.78 is 4.93. The second kappa shape index (κ2) is 5.51. The highest BCUT2D eigenvalue weighted by atomic mass is 16.5. The van der Waals surface area contributed by atoms with Gasteiger partial charge in [0.25, 0.3) is 5.91 Å². The molecule has 0 aliphatic heterocycles. The summed E-state index contributed by atoms with van der Waals surface area (Å²) in [6.45, 7) is 3.02. The lowest BCUT2D eigenvalue weighted by atomic mass is 10.1. The molecule has 0 unspecified atom stereocenters. The van der Waals surface area contributed by atoms with E-state index < -0.39 is 0 Å². The highest BCUT2D eigenvalue weighted by molar-refractivity contribution is 5.95. The van der Waals surface area contributed by atoms with Gasteiger partial charge in [-0.2, -0.15) is 0 Å². The third-order valence-corrected chi connectivity index (χ3v) is 2.32. The van der Waals surface area contributed by atoms with Crippen LogP contribution in [0.1, 0.15) is 15.9 Å². The third-order valence-electron chi connectivity index (χ3n) is 2.32. The maximum atomic E-state index is 12.0. The van der Waals surface area contributed by atoms with Crippen molar-refractivity contribution in [3.05, 3.63) is 29.3 Å². The highest BCUT2D eigenvalue weighted by Crippen LogP contribution is 2.12. The lowest BCUT2D eigenvalue weighted by molar-refractivity contribution is 0.0744. The summed E-state index contributed by atoms with van der Waals surface area (Å²) in [5.74, 6) is -0.0348. The SMILES string of the molecule is COCCN(C)C(=O)c1cc(C)cc(N)c1. The average Bonchev–Trinajstić information content (AvgIpc) is 2.23. The molecule has 0 atom stereocenters. The number of carbonyl (C=O) groups is 1. The third kappa shape index (κ3) is 3.24. The monoisotopic (exact) mass is 222 g/mol. The number of nitrogen functional groups attached to an aromatic ring is 1. The fraction of sp³-hybridized carbons (Fsp3) is 0.417. The summed E-state index contributed by atoms with van der Waals surface area (Å²) in [7, 11) is 3.36. The first kappa shape index (κ1) is 12.5. The van der Waals surface area contributed by atoms with Crippen LogP contribution < -0.4 is 5.73 Å². The number of hydrogen-bond acceptors (Lipinski definition) is 3. The molecule has 0 bridgehead atoms. The Labute approximate surface area is 96.0 Å². The lowest BCUT2D eigenvalue weighted by Gasteiger charge is -2.17. The molecule has 2 N–H and O–H groups in total. The fourth-order valence-corrected chi connectivity index (χ4v) is 1.49. The smallest absolute Gasteiger partial charge is 0.253 e. The molecule has 0 aliphatic rings. The van der Waals surface area contributed by atoms with Crippen LogP contribution in [0.2, 0.25) is 0 Å². The summed E-state index contributed by atoms with van der Waals surface area (Å²) in [4.78, 5) is 13.6. The number of nitrogens with zero attached hydrogens (tertiary/aromatic N) is 1. The molecule has 88 valence electrons. The molecule has 16 heavy (non-hydrogen) atoms. The maximum Gasteiger partial charge on any atom is 0.253 e. The summed E-state index contributed by atoms with van der Waals surface area (Å²) in [5.41, 5.74) is 7.93. The summed E-state index contributed by atoms with van der Waals surface area (Å²) in [5, 5.41) is 0. The second-order valence-electron chi connectivity index (χ2n) is 3.85. The zero-order valence-electron chi connectivity index (χ0n) is 9.99. The van der Waals surface area contributed by atoms with Crippen LogP contribution in [-0.2, 0) is 4.74 Å². The molecule has 0 saturated heterocycles. The van der Waals surface area contributed by atoms with Crippen LogP contribution in [0.15, 0.2) is 18.2 Å². The highest BCUT2D eigenvalue weighted by Gasteiger charge is 2.11. The molecule has 0 heterocycles. The first-order valence-electron chi connectivity index (χ1n) is 5.16. The molecule has 4 nitrogen and oxygen atoms in total. The molecule has 1 amide bonds. The van der Waals surface area contributed by atoms with E-state index in [1.807, 2.05) is 19.1 Å². The topological polar surface area (TPSA) is 55.6 Å². The van der Waals surface area contributed by atoms with Gasteiger partial charge in [0.1, 0.15) is 0 Å². The van der Waals surface area contributed by atoms with Crippen molar-refractivity contribution in [2.24, 2.45) is 0 Å². The largest absolute Gasteiger partial charge is 0.399 e. The van der Waals surface area contributed by atoms with Gasteiger partial charge in [0.05, 0.1) is 6.61 Å². The van der Waals surface area contributed by atoms with E-state index in [1.165, 1.54) is 0 Å². The van der Waals surface area contributed by atoms with Gasteiger partial charge in [0.2, 0.25) is 0 Å². The molecule has 0 spiro atoms. The van der Waals surface area contributed by atoms with E-state index in [-0.39, 0.29) is 5.91 Å². The van der Waals surface area contributed by atoms with Gasteiger partial charge in [0, 0.05) is 32.0 Å². The quantitative estimate of drug-likeness (QED) is 0.781. The van der Waals surface area contributed by atoms with E-state index in [4.69, 9.17) is 10.5 Å². The molecule has 0 fully saturated rings. The predicted molar refractivity (Wildman–Crippen MR) is 64.4 cm³/mol. The van der Waals surface area contributed by atoms with Crippen molar-refractivity contribution >= 4 is 11.6 Å². The van der Waals surface area contributed by atoms with Crippen LogP contribution in [0.25, 0.3) is 0 Å². The fourth-order valence-electron chi connectivity index (χ4n) is 1.49. The van der Waals surface area contributed by atoms with Gasteiger partial charge in [-0.3, -0.25) is 4.79 Å². The normalized spacial score (nSPS) is 10.2. The van der Waals surface area contributed by atoms with Crippen molar-refractivity contribution < 1.29 is 9.53 Å². The molecule has 4 heteroatoms. The van der Waals surface area contributed by atoms with Gasteiger partial charge in [-0.05, 0) is 30.7 Å². The molecule has 0 saturated carbocycles. The molecule has 0 radical (unpaired) electrons. The minimum atomic E-state index is -0.0348. The van der Waals surface area contributed by atoms with E-state index in [2.05, 4.69) is 0 Å². The van der Waals surface area contributed by atoms with E-state index in [0.29, 0.717) is 24.4 Å². The van der Waals surface area contributed by atoms with E-state index >= 15 is 0 Å². The Kier molecular flexibility index (Phi) is 4.31. The Morgan fingerprint density at radius 2 is 2.12 bits per heavy atom.